The van der Waals surface area contributed by atoms with E-state index in [2.05, 4.69) is 9.97 Å². The van der Waals surface area contributed by atoms with Gasteiger partial charge in [-0.3, -0.25) is 4.79 Å². The average Bonchev–Trinajstić information content (AvgIpc) is 2.14. The van der Waals surface area contributed by atoms with Gasteiger partial charge in [0.15, 0.2) is 0 Å². The number of aliphatic hydroxyl groups is 1. The summed E-state index contributed by atoms with van der Waals surface area (Å²) in [6.45, 7) is 3.90. The Bertz CT molecular complexity index is 346. The Kier molecular flexibility index (Phi) is 3.64. The SMILES string of the molecule is CC(C)c1nc(OCCO)cc(=O)[nH]1. The van der Waals surface area contributed by atoms with Crippen molar-refractivity contribution in [3.8, 4) is 5.88 Å². The molecule has 78 valence electrons. The molecule has 0 unspecified atom stereocenters. The molecule has 0 aromatic carbocycles. The highest BCUT2D eigenvalue weighted by atomic mass is 16.5. The first kappa shape index (κ1) is 10.7. The fourth-order valence-corrected chi connectivity index (χ4v) is 0.951. The maximum Gasteiger partial charge on any atom is 0.254 e. The van der Waals surface area contributed by atoms with E-state index in [-0.39, 0.29) is 30.6 Å². The van der Waals surface area contributed by atoms with E-state index in [4.69, 9.17) is 9.84 Å². The van der Waals surface area contributed by atoms with Crippen LogP contribution in [0.1, 0.15) is 25.6 Å². The van der Waals surface area contributed by atoms with Crippen LogP contribution in [0.15, 0.2) is 10.9 Å². The third-order valence-corrected chi connectivity index (χ3v) is 1.62. The van der Waals surface area contributed by atoms with Gasteiger partial charge in [0.25, 0.3) is 5.56 Å². The Morgan fingerprint density at radius 2 is 2.36 bits per heavy atom. The van der Waals surface area contributed by atoms with E-state index in [1.807, 2.05) is 13.8 Å². The molecule has 1 aromatic heterocycles. The Balaban J connectivity index is 2.90. The number of aromatic amines is 1. The summed E-state index contributed by atoms with van der Waals surface area (Å²) < 4.78 is 5.05. The predicted octanol–water partition coefficient (Wildman–Crippen LogP) is 0.264. The number of nitrogens with one attached hydrogen (secondary N) is 1. The van der Waals surface area contributed by atoms with Crippen LogP contribution in [0, 0.1) is 0 Å². The Labute approximate surface area is 81.8 Å². The number of nitrogens with zero attached hydrogens (tertiary/aromatic N) is 1. The summed E-state index contributed by atoms with van der Waals surface area (Å²) in [4.78, 5) is 17.8. The highest BCUT2D eigenvalue weighted by Crippen LogP contribution is 2.10. The predicted molar refractivity (Wildman–Crippen MR) is 51.5 cm³/mol. The zero-order chi connectivity index (χ0) is 10.6. The maximum absolute atomic E-state index is 11.1. The monoisotopic (exact) mass is 198 g/mol. The largest absolute Gasteiger partial charge is 0.475 e. The molecule has 0 bridgehead atoms. The first-order chi connectivity index (χ1) is 6.63. The molecule has 0 aliphatic rings. The van der Waals surface area contributed by atoms with Crippen molar-refractivity contribution in [2.45, 2.75) is 19.8 Å². The van der Waals surface area contributed by atoms with Gasteiger partial charge in [-0.15, -0.1) is 0 Å². The van der Waals surface area contributed by atoms with Crippen molar-refractivity contribution in [2.24, 2.45) is 0 Å². The number of H-pyrrole nitrogens is 1. The summed E-state index contributed by atoms with van der Waals surface area (Å²) in [6.07, 6.45) is 0. The third kappa shape index (κ3) is 2.85. The quantitative estimate of drug-likeness (QED) is 0.728. The van der Waals surface area contributed by atoms with Gasteiger partial charge in [-0.25, -0.2) is 0 Å². The van der Waals surface area contributed by atoms with Crippen LogP contribution in [0.25, 0.3) is 0 Å². The molecule has 0 spiro atoms. The normalized spacial score (nSPS) is 10.6. The van der Waals surface area contributed by atoms with E-state index in [0.29, 0.717) is 5.82 Å². The van der Waals surface area contributed by atoms with Crippen LogP contribution in [-0.4, -0.2) is 28.3 Å². The molecule has 1 aromatic rings. The first-order valence-corrected chi connectivity index (χ1v) is 4.48. The molecule has 14 heavy (non-hydrogen) atoms. The molecule has 2 N–H and O–H groups in total. The summed E-state index contributed by atoms with van der Waals surface area (Å²) >= 11 is 0. The third-order valence-electron chi connectivity index (χ3n) is 1.62. The lowest BCUT2D eigenvalue weighted by molar-refractivity contribution is 0.196. The number of hydrogen-bond donors (Lipinski definition) is 2. The second-order valence-electron chi connectivity index (χ2n) is 3.20. The van der Waals surface area contributed by atoms with Crippen molar-refractivity contribution in [3.63, 3.8) is 0 Å². The van der Waals surface area contributed by atoms with Crippen LogP contribution in [0.2, 0.25) is 0 Å². The molecule has 1 heterocycles. The topological polar surface area (TPSA) is 75.2 Å². The van der Waals surface area contributed by atoms with Gasteiger partial charge < -0.3 is 14.8 Å². The van der Waals surface area contributed by atoms with Crippen LogP contribution in [-0.2, 0) is 0 Å². The molecule has 5 heteroatoms. The molecule has 0 fully saturated rings. The lowest BCUT2D eigenvalue weighted by Crippen LogP contribution is -2.14. The number of rotatable bonds is 4. The summed E-state index contributed by atoms with van der Waals surface area (Å²) in [6, 6.07) is 1.27. The second kappa shape index (κ2) is 4.76. The molecule has 0 aliphatic carbocycles. The number of ether oxygens (including phenoxy) is 1. The van der Waals surface area contributed by atoms with E-state index >= 15 is 0 Å². The van der Waals surface area contributed by atoms with Gasteiger partial charge >= 0.3 is 0 Å². The van der Waals surface area contributed by atoms with Crippen LogP contribution in [0.5, 0.6) is 5.88 Å². The Morgan fingerprint density at radius 1 is 1.64 bits per heavy atom. The molecule has 0 saturated heterocycles. The van der Waals surface area contributed by atoms with Crippen molar-refractivity contribution >= 4 is 0 Å². The molecular formula is C9H14N2O3. The van der Waals surface area contributed by atoms with Crippen molar-refractivity contribution in [2.75, 3.05) is 13.2 Å². The minimum absolute atomic E-state index is 0.0918. The Hall–Kier alpha value is -1.36. The van der Waals surface area contributed by atoms with Gasteiger partial charge in [0.2, 0.25) is 5.88 Å². The maximum atomic E-state index is 11.1. The van der Waals surface area contributed by atoms with E-state index in [1.54, 1.807) is 0 Å². The van der Waals surface area contributed by atoms with E-state index in [1.165, 1.54) is 6.07 Å². The fraction of sp³-hybridized carbons (Fsp3) is 0.556. The average molecular weight is 198 g/mol. The van der Waals surface area contributed by atoms with Gasteiger partial charge in [0.05, 0.1) is 12.7 Å². The molecule has 0 amide bonds. The Morgan fingerprint density at radius 3 is 2.93 bits per heavy atom. The molecule has 0 atom stereocenters. The van der Waals surface area contributed by atoms with Gasteiger partial charge in [-0.1, -0.05) is 13.8 Å². The number of hydrogen-bond acceptors (Lipinski definition) is 4. The van der Waals surface area contributed by atoms with Crippen molar-refractivity contribution in [1.29, 1.82) is 0 Å². The number of aromatic nitrogens is 2. The van der Waals surface area contributed by atoms with Crippen LogP contribution >= 0.6 is 0 Å². The van der Waals surface area contributed by atoms with Crippen molar-refractivity contribution < 1.29 is 9.84 Å². The minimum atomic E-state index is -0.239. The molecule has 0 aliphatic heterocycles. The summed E-state index contributed by atoms with van der Waals surface area (Å²) in [5, 5.41) is 8.54. The molecule has 0 saturated carbocycles. The highest BCUT2D eigenvalue weighted by Gasteiger charge is 2.05. The van der Waals surface area contributed by atoms with Gasteiger partial charge in [0.1, 0.15) is 12.4 Å². The van der Waals surface area contributed by atoms with Crippen LogP contribution in [0.4, 0.5) is 0 Å². The minimum Gasteiger partial charge on any atom is -0.475 e. The molecule has 1 rings (SSSR count). The molecular weight excluding hydrogens is 184 g/mol. The van der Waals surface area contributed by atoms with Gasteiger partial charge in [0, 0.05) is 5.92 Å². The van der Waals surface area contributed by atoms with Gasteiger partial charge in [-0.05, 0) is 0 Å². The zero-order valence-corrected chi connectivity index (χ0v) is 8.28. The van der Waals surface area contributed by atoms with Crippen molar-refractivity contribution in [3.05, 3.63) is 22.2 Å². The van der Waals surface area contributed by atoms with Crippen LogP contribution < -0.4 is 10.3 Å². The van der Waals surface area contributed by atoms with Crippen molar-refractivity contribution in [1.82, 2.24) is 9.97 Å². The second-order valence-corrected chi connectivity index (χ2v) is 3.20. The van der Waals surface area contributed by atoms with E-state index < -0.39 is 0 Å². The van der Waals surface area contributed by atoms with Crippen LogP contribution in [0.3, 0.4) is 0 Å². The number of aliphatic hydroxyl groups excluding tert-OH is 1. The fourth-order valence-electron chi connectivity index (χ4n) is 0.951. The first-order valence-electron chi connectivity index (χ1n) is 4.48. The summed E-state index contributed by atoms with van der Waals surface area (Å²) in [7, 11) is 0. The summed E-state index contributed by atoms with van der Waals surface area (Å²) in [5.74, 6) is 0.984. The lowest BCUT2D eigenvalue weighted by Gasteiger charge is -2.06. The standard InChI is InChI=1S/C9H14N2O3/c1-6(2)9-10-7(13)5-8(11-9)14-4-3-12/h5-6,12H,3-4H2,1-2H3,(H,10,11,13). The van der Waals surface area contributed by atoms with E-state index in [0.717, 1.165) is 0 Å². The van der Waals surface area contributed by atoms with E-state index in [9.17, 15) is 4.79 Å². The highest BCUT2D eigenvalue weighted by molar-refractivity contribution is 5.10. The van der Waals surface area contributed by atoms with Gasteiger partial charge in [-0.2, -0.15) is 4.98 Å². The summed E-state index contributed by atoms with van der Waals surface area (Å²) in [5.41, 5.74) is -0.239. The smallest absolute Gasteiger partial charge is 0.254 e. The zero-order valence-electron chi connectivity index (χ0n) is 8.28. The lowest BCUT2D eigenvalue weighted by atomic mass is 10.2. The molecule has 0 radical (unpaired) electrons. The molecule has 5 nitrogen and oxygen atoms in total.